The molecule has 2 aromatic rings. The van der Waals surface area contributed by atoms with Crippen molar-refractivity contribution in [1.82, 2.24) is 4.98 Å². The Kier molecular flexibility index (Phi) is 2.12. The van der Waals surface area contributed by atoms with E-state index in [0.29, 0.717) is 0 Å². The Labute approximate surface area is 82.8 Å². The average molecular weight is 211 g/mol. The van der Waals surface area contributed by atoms with Crippen molar-refractivity contribution in [2.24, 2.45) is 0 Å². The Bertz CT molecular complexity index is 522. The van der Waals surface area contributed by atoms with Gasteiger partial charge in [-0.15, -0.1) is 0 Å². The van der Waals surface area contributed by atoms with Crippen LogP contribution < -0.4 is 0 Å². The van der Waals surface area contributed by atoms with Crippen LogP contribution in [-0.2, 0) is 4.79 Å². The summed E-state index contributed by atoms with van der Waals surface area (Å²) in [5.41, 5.74) is 0.400. The van der Waals surface area contributed by atoms with Crippen LogP contribution in [0.3, 0.4) is 0 Å². The molecule has 0 aliphatic rings. The highest BCUT2D eigenvalue weighted by molar-refractivity contribution is 5.76. The van der Waals surface area contributed by atoms with Gasteiger partial charge < -0.3 is 14.6 Å². The first kappa shape index (κ1) is 9.60. The number of carboxylic acid groups (broad SMARTS) is 1. The van der Waals surface area contributed by atoms with E-state index in [2.05, 4.69) is 4.98 Å². The molecule has 0 amide bonds. The molecule has 5 nitrogen and oxygen atoms in total. The number of aliphatic carboxylic acids is 1. The molecule has 1 aromatic heterocycles. The van der Waals surface area contributed by atoms with Crippen molar-refractivity contribution in [2.45, 2.75) is 6.10 Å². The van der Waals surface area contributed by atoms with E-state index in [4.69, 9.17) is 14.6 Å². The minimum absolute atomic E-state index is 0.172. The Morgan fingerprint density at radius 3 is 2.93 bits per heavy atom. The van der Waals surface area contributed by atoms with Crippen LogP contribution in [0, 0.1) is 5.82 Å². The number of hydrogen-bond acceptors (Lipinski definition) is 4. The number of nitrogens with zero attached hydrogens (tertiary/aromatic N) is 1. The Balaban J connectivity index is 2.51. The van der Waals surface area contributed by atoms with E-state index in [-0.39, 0.29) is 17.0 Å². The van der Waals surface area contributed by atoms with Gasteiger partial charge in [0.1, 0.15) is 11.3 Å². The van der Waals surface area contributed by atoms with Gasteiger partial charge in [-0.05, 0) is 12.1 Å². The van der Waals surface area contributed by atoms with Crippen LogP contribution in [0.5, 0.6) is 0 Å². The average Bonchev–Trinajstić information content (AvgIpc) is 2.58. The second kappa shape index (κ2) is 3.32. The quantitative estimate of drug-likeness (QED) is 0.776. The van der Waals surface area contributed by atoms with Crippen molar-refractivity contribution >= 4 is 17.1 Å². The number of rotatable bonds is 2. The van der Waals surface area contributed by atoms with Crippen LogP contribution in [0.4, 0.5) is 4.39 Å². The number of halogens is 1. The van der Waals surface area contributed by atoms with Crippen LogP contribution in [0.2, 0.25) is 0 Å². The number of benzene rings is 1. The van der Waals surface area contributed by atoms with Gasteiger partial charge in [0.2, 0.25) is 12.0 Å². The molecule has 0 spiro atoms. The third kappa shape index (κ3) is 1.66. The lowest BCUT2D eigenvalue weighted by Crippen LogP contribution is -2.10. The minimum Gasteiger partial charge on any atom is -0.479 e. The van der Waals surface area contributed by atoms with Gasteiger partial charge in [0.05, 0.1) is 0 Å². The van der Waals surface area contributed by atoms with E-state index < -0.39 is 17.9 Å². The lowest BCUT2D eigenvalue weighted by molar-refractivity contribution is -0.148. The van der Waals surface area contributed by atoms with Gasteiger partial charge in [-0.25, -0.2) is 14.2 Å². The minimum atomic E-state index is -1.83. The van der Waals surface area contributed by atoms with Gasteiger partial charge in [0.15, 0.2) is 5.58 Å². The van der Waals surface area contributed by atoms with Crippen molar-refractivity contribution in [2.75, 3.05) is 0 Å². The smallest absolute Gasteiger partial charge is 0.342 e. The first-order chi connectivity index (χ1) is 7.08. The second-order valence-corrected chi connectivity index (χ2v) is 2.90. The maximum absolute atomic E-state index is 12.7. The van der Waals surface area contributed by atoms with E-state index >= 15 is 0 Å². The first-order valence-electron chi connectivity index (χ1n) is 4.05. The number of aliphatic hydroxyl groups is 1. The first-order valence-corrected chi connectivity index (χ1v) is 4.05. The molecule has 1 atom stereocenters. The zero-order chi connectivity index (χ0) is 11.0. The Hall–Kier alpha value is -1.95. The molecule has 1 aromatic carbocycles. The molecule has 2 N–H and O–H groups in total. The summed E-state index contributed by atoms with van der Waals surface area (Å²) in [6.07, 6.45) is -1.83. The molecule has 1 heterocycles. The molecule has 0 saturated heterocycles. The molecule has 0 saturated carbocycles. The zero-order valence-electron chi connectivity index (χ0n) is 7.35. The maximum Gasteiger partial charge on any atom is 0.342 e. The predicted octanol–water partition coefficient (Wildman–Crippen LogP) is 1.08. The van der Waals surface area contributed by atoms with E-state index in [1.807, 2.05) is 0 Å². The molecule has 78 valence electrons. The number of aromatic nitrogens is 1. The fourth-order valence-electron chi connectivity index (χ4n) is 1.14. The van der Waals surface area contributed by atoms with Crippen molar-refractivity contribution in [3.8, 4) is 0 Å². The number of hydrogen-bond donors (Lipinski definition) is 2. The fourth-order valence-corrected chi connectivity index (χ4v) is 1.14. The summed E-state index contributed by atoms with van der Waals surface area (Å²) in [7, 11) is 0. The number of carboxylic acids is 1. The van der Waals surface area contributed by atoms with Crippen molar-refractivity contribution in [1.29, 1.82) is 0 Å². The van der Waals surface area contributed by atoms with Gasteiger partial charge in [-0.1, -0.05) is 0 Å². The molecule has 1 unspecified atom stereocenters. The SMILES string of the molecule is O=C(O)C(O)c1nc2cc(F)ccc2o1. The normalized spacial score (nSPS) is 12.9. The standard InChI is InChI=1S/C9H6FNO4/c10-4-1-2-6-5(3-4)11-8(15-6)7(12)9(13)14/h1-3,7,12H,(H,13,14). The van der Waals surface area contributed by atoms with Gasteiger partial charge in [0, 0.05) is 6.07 Å². The van der Waals surface area contributed by atoms with E-state index in [1.54, 1.807) is 0 Å². The maximum atomic E-state index is 12.7. The van der Waals surface area contributed by atoms with Crippen molar-refractivity contribution < 1.29 is 23.8 Å². The summed E-state index contributed by atoms with van der Waals surface area (Å²) in [5.74, 6) is -2.34. The van der Waals surface area contributed by atoms with Gasteiger partial charge in [-0.2, -0.15) is 0 Å². The Morgan fingerprint density at radius 1 is 1.53 bits per heavy atom. The van der Waals surface area contributed by atoms with Gasteiger partial charge in [0.25, 0.3) is 0 Å². The third-order valence-electron chi connectivity index (χ3n) is 1.83. The molecule has 0 fully saturated rings. The molecular weight excluding hydrogens is 205 g/mol. The molecule has 0 bridgehead atoms. The second-order valence-electron chi connectivity index (χ2n) is 2.90. The molecule has 0 aliphatic heterocycles. The highest BCUT2D eigenvalue weighted by Gasteiger charge is 2.22. The lowest BCUT2D eigenvalue weighted by atomic mass is 10.3. The van der Waals surface area contributed by atoms with Crippen LogP contribution in [0.1, 0.15) is 12.0 Å². The molecule has 15 heavy (non-hydrogen) atoms. The fraction of sp³-hybridized carbons (Fsp3) is 0.111. The Morgan fingerprint density at radius 2 is 2.27 bits per heavy atom. The highest BCUT2D eigenvalue weighted by Crippen LogP contribution is 2.20. The zero-order valence-corrected chi connectivity index (χ0v) is 7.35. The molecule has 6 heteroatoms. The van der Waals surface area contributed by atoms with Crippen LogP contribution >= 0.6 is 0 Å². The highest BCUT2D eigenvalue weighted by atomic mass is 19.1. The summed E-state index contributed by atoms with van der Waals surface area (Å²) >= 11 is 0. The monoisotopic (exact) mass is 211 g/mol. The molecule has 2 rings (SSSR count). The summed E-state index contributed by atoms with van der Waals surface area (Å²) < 4.78 is 17.7. The molecule has 0 aliphatic carbocycles. The topological polar surface area (TPSA) is 83.6 Å². The third-order valence-corrected chi connectivity index (χ3v) is 1.83. The number of carbonyl (C=O) groups is 1. The van der Waals surface area contributed by atoms with Crippen LogP contribution in [0.25, 0.3) is 11.1 Å². The summed E-state index contributed by atoms with van der Waals surface area (Å²) in [5, 5.41) is 17.6. The van der Waals surface area contributed by atoms with Crippen molar-refractivity contribution in [3.63, 3.8) is 0 Å². The van der Waals surface area contributed by atoms with Crippen molar-refractivity contribution in [3.05, 3.63) is 29.9 Å². The molecular formula is C9H6FNO4. The lowest BCUT2D eigenvalue weighted by Gasteiger charge is -1.96. The van der Waals surface area contributed by atoms with Gasteiger partial charge >= 0.3 is 5.97 Å². The van der Waals surface area contributed by atoms with Gasteiger partial charge in [-0.3, -0.25) is 0 Å². The van der Waals surface area contributed by atoms with E-state index in [0.717, 1.165) is 12.1 Å². The molecule has 0 radical (unpaired) electrons. The number of fused-ring (bicyclic) bond motifs is 1. The largest absolute Gasteiger partial charge is 0.479 e. The summed E-state index contributed by atoms with van der Waals surface area (Å²) in [6.45, 7) is 0. The summed E-state index contributed by atoms with van der Waals surface area (Å²) in [6, 6.07) is 3.57. The predicted molar refractivity (Wildman–Crippen MR) is 46.6 cm³/mol. The number of aliphatic hydroxyl groups excluding tert-OH is 1. The number of oxazole rings is 1. The van der Waals surface area contributed by atoms with Crippen LogP contribution in [-0.4, -0.2) is 21.2 Å². The summed E-state index contributed by atoms with van der Waals surface area (Å²) in [4.78, 5) is 14.1. The van der Waals surface area contributed by atoms with Crippen LogP contribution in [0.15, 0.2) is 22.6 Å². The van der Waals surface area contributed by atoms with E-state index in [9.17, 15) is 9.18 Å². The van der Waals surface area contributed by atoms with E-state index in [1.165, 1.54) is 6.07 Å².